The van der Waals surface area contributed by atoms with Crippen LogP contribution in [0.25, 0.3) is 21.8 Å². The first-order chi connectivity index (χ1) is 16.4. The Morgan fingerprint density at radius 3 is 2.06 bits per heavy atom. The van der Waals surface area contributed by atoms with Gasteiger partial charge in [0.15, 0.2) is 0 Å². The van der Waals surface area contributed by atoms with E-state index in [2.05, 4.69) is 6.07 Å². The zero-order valence-corrected chi connectivity index (χ0v) is 18.5. The number of rotatable bonds is 0. The average molecular weight is 453 g/mol. The van der Waals surface area contributed by atoms with Crippen molar-refractivity contribution in [1.82, 2.24) is 19.8 Å². The highest BCUT2D eigenvalue weighted by molar-refractivity contribution is 5.82. The van der Waals surface area contributed by atoms with Crippen LogP contribution < -0.4 is 0 Å². The molecule has 0 saturated heterocycles. The van der Waals surface area contributed by atoms with Crippen molar-refractivity contribution in [2.24, 2.45) is 0 Å². The van der Waals surface area contributed by atoms with E-state index >= 15 is 0 Å². The maximum Gasteiger partial charge on any atom is 0.1000 e. The first kappa shape index (κ1) is 22.0. The number of hydrogen-bond acceptors (Lipinski definition) is 7. The smallest absolute Gasteiger partial charge is 0.1000 e. The molecule has 4 aromatic rings. The van der Waals surface area contributed by atoms with Crippen molar-refractivity contribution in [2.45, 2.75) is 13.2 Å². The number of hydrogen-bond donors (Lipinski definition) is 0. The molecule has 3 heterocycles. The molecule has 9 heteroatoms. The molecule has 0 spiro atoms. The standard InChI is InChI=1S/C24H28N4O5/c1-2-7-22-21(6-1)23-18-33-15-13-31-11-9-29-8-10-30-12-14-32-17-20-5-3-4-19-16-27(26-24(19)20)28(23)25-22/h1-7,16H,8-15,17-18H2. The molecule has 33 heavy (non-hydrogen) atoms. The second-order valence-electron chi connectivity index (χ2n) is 7.70. The van der Waals surface area contributed by atoms with E-state index in [0.29, 0.717) is 66.1 Å². The van der Waals surface area contributed by atoms with Gasteiger partial charge in [-0.25, -0.2) is 0 Å². The lowest BCUT2D eigenvalue weighted by atomic mass is 10.1. The van der Waals surface area contributed by atoms with E-state index in [1.54, 1.807) is 9.58 Å². The van der Waals surface area contributed by atoms with Crippen LogP contribution in [0.4, 0.5) is 0 Å². The Bertz CT molecular complexity index is 1190. The molecule has 0 amide bonds. The predicted molar refractivity (Wildman–Crippen MR) is 122 cm³/mol. The van der Waals surface area contributed by atoms with Crippen LogP contribution in [0.1, 0.15) is 11.3 Å². The quantitative estimate of drug-likeness (QED) is 0.406. The van der Waals surface area contributed by atoms with Crippen LogP contribution in [0.15, 0.2) is 48.7 Å². The van der Waals surface area contributed by atoms with Crippen LogP contribution in [-0.4, -0.2) is 72.6 Å². The lowest BCUT2D eigenvalue weighted by Gasteiger charge is -2.09. The molecule has 0 radical (unpaired) electrons. The molecule has 0 fully saturated rings. The van der Waals surface area contributed by atoms with Gasteiger partial charge in [0, 0.05) is 16.3 Å². The monoisotopic (exact) mass is 452 g/mol. The molecule has 2 aromatic heterocycles. The van der Waals surface area contributed by atoms with Crippen LogP contribution in [-0.2, 0) is 36.9 Å². The summed E-state index contributed by atoms with van der Waals surface area (Å²) >= 11 is 0. The van der Waals surface area contributed by atoms with Crippen LogP contribution in [0.3, 0.4) is 0 Å². The number of ether oxygens (including phenoxy) is 5. The van der Waals surface area contributed by atoms with Crippen molar-refractivity contribution in [3.8, 4) is 0 Å². The van der Waals surface area contributed by atoms with Gasteiger partial charge in [-0.15, -0.1) is 0 Å². The minimum Gasteiger partial charge on any atom is -0.377 e. The molecule has 2 aromatic carbocycles. The molecule has 9 nitrogen and oxygen atoms in total. The molecule has 0 unspecified atom stereocenters. The summed E-state index contributed by atoms with van der Waals surface area (Å²) in [5.41, 5.74) is 3.73. The van der Waals surface area contributed by atoms with Crippen LogP contribution in [0.2, 0.25) is 0 Å². The molecule has 1 aliphatic rings. The first-order valence-electron chi connectivity index (χ1n) is 11.2. The Labute approximate surface area is 191 Å². The summed E-state index contributed by atoms with van der Waals surface area (Å²) in [6.07, 6.45) is 1.98. The zero-order chi connectivity index (χ0) is 22.3. The average Bonchev–Trinajstić information content (AvgIpc) is 3.43. The SMILES string of the molecule is c1cc2c3nn(cc3c1)-n1nc3ccccc3c1COCCOCCOCCOCCOC2. The Hall–Kier alpha value is -2.82. The van der Waals surface area contributed by atoms with Gasteiger partial charge in [0.2, 0.25) is 0 Å². The number of nitrogens with zero attached hydrogens (tertiary/aromatic N) is 4. The minimum atomic E-state index is 0.393. The number of benzene rings is 2. The lowest BCUT2D eigenvalue weighted by molar-refractivity contribution is -0.0140. The molecule has 2 bridgehead atoms. The zero-order valence-electron chi connectivity index (χ0n) is 18.5. The second kappa shape index (κ2) is 10.9. The fourth-order valence-electron chi connectivity index (χ4n) is 3.82. The highest BCUT2D eigenvalue weighted by Gasteiger charge is 2.15. The van der Waals surface area contributed by atoms with E-state index < -0.39 is 0 Å². The normalized spacial score (nSPS) is 17.7. The van der Waals surface area contributed by atoms with Gasteiger partial charge in [0.05, 0.1) is 89.0 Å². The number of aromatic nitrogens is 4. The summed E-state index contributed by atoms with van der Waals surface area (Å²) in [6, 6.07) is 14.1. The third-order valence-electron chi connectivity index (χ3n) is 5.45. The summed E-state index contributed by atoms with van der Waals surface area (Å²) < 4.78 is 28.4. The van der Waals surface area contributed by atoms with E-state index in [1.165, 1.54) is 0 Å². The van der Waals surface area contributed by atoms with E-state index in [9.17, 15) is 0 Å². The van der Waals surface area contributed by atoms with Crippen molar-refractivity contribution in [1.29, 1.82) is 0 Å². The minimum absolute atomic E-state index is 0.393. The summed E-state index contributed by atoms with van der Waals surface area (Å²) in [6.45, 7) is 4.98. The van der Waals surface area contributed by atoms with E-state index in [1.807, 2.05) is 42.6 Å². The molecule has 0 aliphatic carbocycles. The first-order valence-corrected chi connectivity index (χ1v) is 11.2. The molecule has 174 valence electrons. The molecular weight excluding hydrogens is 424 g/mol. The van der Waals surface area contributed by atoms with Crippen LogP contribution >= 0.6 is 0 Å². The molecule has 0 atom stereocenters. The van der Waals surface area contributed by atoms with Gasteiger partial charge in [-0.05, 0) is 6.07 Å². The highest BCUT2D eigenvalue weighted by Crippen LogP contribution is 2.22. The summed E-state index contributed by atoms with van der Waals surface area (Å²) in [4.78, 5) is 3.58. The van der Waals surface area contributed by atoms with E-state index in [4.69, 9.17) is 33.9 Å². The van der Waals surface area contributed by atoms with Crippen molar-refractivity contribution in [2.75, 3.05) is 52.9 Å². The fourth-order valence-corrected chi connectivity index (χ4v) is 3.82. The van der Waals surface area contributed by atoms with Gasteiger partial charge in [-0.1, -0.05) is 36.4 Å². The van der Waals surface area contributed by atoms with Gasteiger partial charge in [0.25, 0.3) is 0 Å². The highest BCUT2D eigenvalue weighted by atomic mass is 16.6. The van der Waals surface area contributed by atoms with E-state index in [-0.39, 0.29) is 0 Å². The maximum absolute atomic E-state index is 5.93. The summed E-state index contributed by atoms with van der Waals surface area (Å²) in [7, 11) is 0. The van der Waals surface area contributed by atoms with Crippen molar-refractivity contribution >= 4 is 21.8 Å². The third kappa shape index (κ3) is 5.23. The molecule has 0 saturated carbocycles. The molecule has 5 rings (SSSR count). The predicted octanol–water partition coefficient (Wildman–Crippen LogP) is 2.79. The van der Waals surface area contributed by atoms with Crippen LogP contribution in [0.5, 0.6) is 0 Å². The topological polar surface area (TPSA) is 81.8 Å². The maximum atomic E-state index is 5.93. The van der Waals surface area contributed by atoms with Crippen LogP contribution in [0, 0.1) is 0 Å². The molecular formula is C24H28N4O5. The largest absolute Gasteiger partial charge is 0.377 e. The van der Waals surface area contributed by atoms with Gasteiger partial charge in [-0.3, -0.25) is 0 Å². The number of fused-ring (bicyclic) bond motifs is 5. The second-order valence-corrected chi connectivity index (χ2v) is 7.70. The summed E-state index contributed by atoms with van der Waals surface area (Å²) in [5.74, 6) is 0. The van der Waals surface area contributed by atoms with Crippen molar-refractivity contribution in [3.63, 3.8) is 0 Å². The Morgan fingerprint density at radius 2 is 1.30 bits per heavy atom. The van der Waals surface area contributed by atoms with Gasteiger partial charge in [0.1, 0.15) is 0 Å². The Morgan fingerprint density at radius 1 is 0.636 bits per heavy atom. The van der Waals surface area contributed by atoms with Crippen molar-refractivity contribution < 1.29 is 23.7 Å². The summed E-state index contributed by atoms with van der Waals surface area (Å²) in [5, 5.41) is 11.7. The van der Waals surface area contributed by atoms with Gasteiger partial charge >= 0.3 is 0 Å². The van der Waals surface area contributed by atoms with E-state index in [0.717, 1.165) is 33.1 Å². The molecule has 0 N–H and O–H groups in total. The van der Waals surface area contributed by atoms with Gasteiger partial charge in [-0.2, -0.15) is 19.8 Å². The lowest BCUT2D eigenvalue weighted by Crippen LogP contribution is -2.16. The Kier molecular flexibility index (Phi) is 7.24. The van der Waals surface area contributed by atoms with Crippen molar-refractivity contribution in [3.05, 3.63) is 59.9 Å². The van der Waals surface area contributed by atoms with Gasteiger partial charge < -0.3 is 23.7 Å². The molecule has 1 aliphatic heterocycles. The third-order valence-corrected chi connectivity index (χ3v) is 5.45. The Balaban J connectivity index is 1.44. The fraction of sp³-hybridized carbons (Fsp3) is 0.417.